The molecular weight excluding hydrogens is 534 g/mol. The van der Waals surface area contributed by atoms with Crippen LogP contribution < -0.4 is 5.32 Å². The first kappa shape index (κ1) is 29.7. The van der Waals surface area contributed by atoms with Gasteiger partial charge in [0.25, 0.3) is 0 Å². The van der Waals surface area contributed by atoms with Crippen molar-refractivity contribution in [3.8, 4) is 0 Å². The number of fused-ring (bicyclic) bond motifs is 5. The molecule has 1 heterocycles. The van der Waals surface area contributed by atoms with Crippen LogP contribution in [0.5, 0.6) is 0 Å². The fourth-order valence-corrected chi connectivity index (χ4v) is 9.92. The molecule has 0 spiro atoms. The number of carbonyl (C=O) groups excluding carboxylic acids is 3. The molecule has 0 radical (unpaired) electrons. The SMILES string of the molecule is CCC(=O)OCC1([C@@]2(OC(C)=O)[C@@H](C)CC3C4CC=C5CC(=O)C=C[C@]5(C)[C@@]4(Cl)[C@@H](O)C[C@@]32C)NC(C)(C)CO1. The van der Waals surface area contributed by atoms with Gasteiger partial charge >= 0.3 is 11.9 Å². The topological polar surface area (TPSA) is 111 Å². The van der Waals surface area contributed by atoms with Crippen LogP contribution in [0, 0.1) is 28.6 Å². The number of allylic oxidation sites excluding steroid dienone is 4. The third kappa shape index (κ3) is 3.78. The zero-order valence-electron chi connectivity index (χ0n) is 24.8. The lowest BCUT2D eigenvalue weighted by molar-refractivity contribution is -0.276. The number of aliphatic hydroxyl groups is 1. The number of hydrogen-bond acceptors (Lipinski definition) is 8. The van der Waals surface area contributed by atoms with E-state index in [9.17, 15) is 19.5 Å². The van der Waals surface area contributed by atoms with Gasteiger partial charge in [-0.15, -0.1) is 11.6 Å². The molecule has 0 bridgehead atoms. The molecule has 4 aliphatic carbocycles. The maximum atomic E-state index is 13.0. The number of ether oxygens (including phenoxy) is 3. The first-order valence-electron chi connectivity index (χ1n) is 14.6. The van der Waals surface area contributed by atoms with Crippen molar-refractivity contribution in [2.24, 2.45) is 28.6 Å². The monoisotopic (exact) mass is 577 g/mol. The average molecular weight is 578 g/mol. The molecule has 5 rings (SSSR count). The predicted molar refractivity (Wildman–Crippen MR) is 149 cm³/mol. The lowest BCUT2D eigenvalue weighted by atomic mass is 9.45. The Morgan fingerprint density at radius 2 is 1.93 bits per heavy atom. The third-order valence-corrected chi connectivity index (χ3v) is 11.9. The smallest absolute Gasteiger partial charge is 0.305 e. The molecule has 8 nitrogen and oxygen atoms in total. The van der Waals surface area contributed by atoms with E-state index in [4.69, 9.17) is 25.8 Å². The Kier molecular flexibility index (Phi) is 6.98. The molecule has 5 aliphatic rings. The van der Waals surface area contributed by atoms with Gasteiger partial charge in [-0.2, -0.15) is 0 Å². The van der Waals surface area contributed by atoms with Gasteiger partial charge in [-0.05, 0) is 51.0 Å². The molecule has 1 aliphatic heterocycles. The van der Waals surface area contributed by atoms with E-state index in [-0.39, 0.29) is 49.0 Å². The van der Waals surface area contributed by atoms with Gasteiger partial charge in [0.2, 0.25) is 0 Å². The zero-order chi connectivity index (χ0) is 29.5. The fourth-order valence-electron chi connectivity index (χ4n) is 9.42. The van der Waals surface area contributed by atoms with Crippen LogP contribution in [0.15, 0.2) is 23.8 Å². The Morgan fingerprint density at radius 1 is 1.23 bits per heavy atom. The highest BCUT2D eigenvalue weighted by Gasteiger charge is 2.80. The first-order chi connectivity index (χ1) is 18.5. The molecule has 0 aromatic heterocycles. The molecule has 9 atom stereocenters. The summed E-state index contributed by atoms with van der Waals surface area (Å²) in [6.45, 7) is 13.5. The van der Waals surface area contributed by atoms with Crippen molar-refractivity contribution < 1.29 is 33.7 Å². The lowest BCUT2D eigenvalue weighted by Gasteiger charge is -2.65. The minimum Gasteiger partial charge on any atom is -0.461 e. The Morgan fingerprint density at radius 3 is 2.52 bits per heavy atom. The van der Waals surface area contributed by atoms with Crippen LogP contribution in [0.3, 0.4) is 0 Å². The molecule has 40 heavy (non-hydrogen) atoms. The highest BCUT2D eigenvalue weighted by Crippen LogP contribution is 2.73. The maximum Gasteiger partial charge on any atom is 0.305 e. The van der Waals surface area contributed by atoms with Crippen LogP contribution in [-0.4, -0.2) is 63.9 Å². The fraction of sp³-hybridized carbons (Fsp3) is 0.774. The molecule has 0 aromatic rings. The largest absolute Gasteiger partial charge is 0.461 e. The number of carbonyl (C=O) groups is 3. The van der Waals surface area contributed by atoms with E-state index >= 15 is 0 Å². The number of alkyl halides is 1. The van der Waals surface area contributed by atoms with Crippen molar-refractivity contribution in [3.63, 3.8) is 0 Å². The second kappa shape index (κ2) is 9.38. The highest BCUT2D eigenvalue weighted by atomic mass is 35.5. The minimum absolute atomic E-state index is 0.0385. The van der Waals surface area contributed by atoms with E-state index in [2.05, 4.69) is 25.2 Å². The van der Waals surface area contributed by atoms with E-state index < -0.39 is 44.6 Å². The summed E-state index contributed by atoms with van der Waals surface area (Å²) in [7, 11) is 0. The number of ketones is 1. The summed E-state index contributed by atoms with van der Waals surface area (Å²) in [6, 6.07) is 0. The van der Waals surface area contributed by atoms with Crippen LogP contribution in [0.2, 0.25) is 0 Å². The van der Waals surface area contributed by atoms with Gasteiger partial charge in [-0.3, -0.25) is 19.7 Å². The molecule has 0 amide bonds. The molecule has 1 saturated heterocycles. The summed E-state index contributed by atoms with van der Waals surface area (Å²) in [5.41, 5.74) is -3.63. The van der Waals surface area contributed by atoms with Crippen molar-refractivity contribution >= 4 is 29.3 Å². The third-order valence-electron chi connectivity index (χ3n) is 11.0. The predicted octanol–water partition coefficient (Wildman–Crippen LogP) is 4.22. The molecule has 2 saturated carbocycles. The number of rotatable bonds is 5. The Hall–Kier alpha value is -1.74. The van der Waals surface area contributed by atoms with Gasteiger partial charge in [0, 0.05) is 42.1 Å². The Labute approximate surface area is 242 Å². The standard InChI is InChI=1S/C31H44ClNO7/c1-8-25(37)38-17-29(33-26(4,5)16-39-29)31(40-19(3)34)18(2)13-23-22-10-9-20-14-21(35)11-12-27(20,6)30(22,32)24(36)15-28(23,31)7/h9,11-12,18,22-24,33,36H,8,10,13-17H2,1-7H3/t18-,22?,23?,24-,27-,28-,29?,30-,31+/m0/s1. The van der Waals surface area contributed by atoms with Crippen LogP contribution in [-0.2, 0) is 28.6 Å². The quantitative estimate of drug-likeness (QED) is 0.284. The molecular formula is C31H44ClNO7. The number of nitrogens with one attached hydrogen (secondary N) is 1. The zero-order valence-corrected chi connectivity index (χ0v) is 25.5. The highest BCUT2D eigenvalue weighted by molar-refractivity contribution is 6.26. The summed E-state index contributed by atoms with van der Waals surface area (Å²) >= 11 is 7.65. The Balaban J connectivity index is 1.67. The lowest BCUT2D eigenvalue weighted by Crippen LogP contribution is -2.76. The van der Waals surface area contributed by atoms with Gasteiger partial charge in [0.15, 0.2) is 17.1 Å². The van der Waals surface area contributed by atoms with Crippen LogP contribution >= 0.6 is 11.6 Å². The maximum absolute atomic E-state index is 13.0. The summed E-state index contributed by atoms with van der Waals surface area (Å²) < 4.78 is 18.8. The van der Waals surface area contributed by atoms with Gasteiger partial charge < -0.3 is 19.3 Å². The van der Waals surface area contributed by atoms with E-state index in [1.165, 1.54) is 6.92 Å². The number of halogens is 1. The van der Waals surface area contributed by atoms with Crippen molar-refractivity contribution in [2.75, 3.05) is 13.2 Å². The number of hydrogen-bond donors (Lipinski definition) is 2. The van der Waals surface area contributed by atoms with Gasteiger partial charge in [0.1, 0.15) is 6.61 Å². The molecule has 0 aromatic carbocycles. The molecule has 222 valence electrons. The number of esters is 2. The second-order valence-electron chi connectivity index (χ2n) is 13.9. The second-order valence-corrected chi connectivity index (χ2v) is 14.5. The summed E-state index contributed by atoms with van der Waals surface area (Å²) in [5, 5.41) is 15.7. The molecule has 3 fully saturated rings. The van der Waals surface area contributed by atoms with Crippen molar-refractivity contribution in [1.29, 1.82) is 0 Å². The first-order valence-corrected chi connectivity index (χ1v) is 15.0. The average Bonchev–Trinajstić information content (AvgIpc) is 3.30. The van der Waals surface area contributed by atoms with E-state index in [0.29, 0.717) is 25.9 Å². The molecule has 2 N–H and O–H groups in total. The molecule has 9 heteroatoms. The van der Waals surface area contributed by atoms with Crippen molar-refractivity contribution in [1.82, 2.24) is 5.32 Å². The van der Waals surface area contributed by atoms with E-state index in [1.807, 2.05) is 26.8 Å². The Bertz CT molecular complexity index is 1180. The van der Waals surface area contributed by atoms with Crippen LogP contribution in [0.25, 0.3) is 0 Å². The van der Waals surface area contributed by atoms with Crippen LogP contribution in [0.4, 0.5) is 0 Å². The normalized spacial score (nSPS) is 47.1. The van der Waals surface area contributed by atoms with E-state index in [0.717, 1.165) is 5.57 Å². The summed E-state index contributed by atoms with van der Waals surface area (Å²) in [4.78, 5) is 36.6. The van der Waals surface area contributed by atoms with Gasteiger partial charge in [-0.1, -0.05) is 45.4 Å². The van der Waals surface area contributed by atoms with Crippen LogP contribution in [0.1, 0.15) is 80.6 Å². The van der Waals surface area contributed by atoms with Gasteiger partial charge in [0.05, 0.1) is 17.6 Å². The van der Waals surface area contributed by atoms with E-state index in [1.54, 1.807) is 13.0 Å². The van der Waals surface area contributed by atoms with Gasteiger partial charge in [-0.25, -0.2) is 0 Å². The summed E-state index contributed by atoms with van der Waals surface area (Å²) in [5.74, 6) is -1.25. The van der Waals surface area contributed by atoms with Crippen molar-refractivity contribution in [2.45, 2.75) is 108 Å². The molecule has 3 unspecified atom stereocenters. The minimum atomic E-state index is -1.33. The number of aliphatic hydroxyl groups excluding tert-OH is 1. The summed E-state index contributed by atoms with van der Waals surface area (Å²) in [6.07, 6.45) is 6.66. The van der Waals surface area contributed by atoms with Crippen molar-refractivity contribution in [3.05, 3.63) is 23.8 Å².